The number of nitrogens with zero attached hydrogens (tertiary/aromatic N) is 1. The molecule has 1 radical (unpaired) electrons. The van der Waals surface area contributed by atoms with Crippen molar-refractivity contribution in [2.75, 3.05) is 13.6 Å². The van der Waals surface area contributed by atoms with Crippen LogP contribution in [0, 0.1) is 5.92 Å². The first-order valence-electron chi connectivity index (χ1n) is 5.18. The van der Waals surface area contributed by atoms with E-state index in [9.17, 15) is 0 Å². The number of nitrogens with one attached hydrogen (secondary N) is 1. The number of hydrogen-bond donors (Lipinski definition) is 0. The summed E-state index contributed by atoms with van der Waals surface area (Å²) in [5, 5.41) is 0. The number of piperidine rings is 1. The van der Waals surface area contributed by atoms with E-state index in [1.165, 1.54) is 0 Å². The van der Waals surface area contributed by atoms with Crippen molar-refractivity contribution in [3.8, 4) is 0 Å². The Kier molecular flexibility index (Phi) is 2.75. The predicted octanol–water partition coefficient (Wildman–Crippen LogP) is 2.17. The highest BCUT2D eigenvalue weighted by atomic mass is 15.2. The highest BCUT2D eigenvalue weighted by Crippen LogP contribution is 2.39. The summed E-state index contributed by atoms with van der Waals surface area (Å²) in [6, 6.07) is 0. The van der Waals surface area contributed by atoms with Crippen molar-refractivity contribution < 1.29 is 0 Å². The maximum atomic E-state index is 7.50. The van der Waals surface area contributed by atoms with Crippen LogP contribution in [-0.2, 0) is 0 Å². The Hall–Kier alpha value is -0.0800. The molecule has 0 aliphatic carbocycles. The van der Waals surface area contributed by atoms with Gasteiger partial charge in [0.05, 0.1) is 0 Å². The third-order valence-corrected chi connectivity index (χ3v) is 3.68. The smallest absolute Gasteiger partial charge is 0.0158 e. The lowest BCUT2D eigenvalue weighted by molar-refractivity contribution is -0.0280. The first-order valence-corrected chi connectivity index (χ1v) is 5.18. The first kappa shape index (κ1) is 11.0. The van der Waals surface area contributed by atoms with Gasteiger partial charge in [0.15, 0.2) is 0 Å². The molecule has 1 N–H and O–H groups in total. The fourth-order valence-corrected chi connectivity index (χ4v) is 2.72. The molecule has 0 unspecified atom stereocenters. The van der Waals surface area contributed by atoms with Crippen LogP contribution in [0.25, 0.3) is 0 Å². The summed E-state index contributed by atoms with van der Waals surface area (Å²) in [6.45, 7) is 9.74. The third kappa shape index (κ3) is 2.05. The van der Waals surface area contributed by atoms with Gasteiger partial charge in [-0.2, -0.15) is 0 Å². The Balaban J connectivity index is 2.82. The summed E-state index contributed by atoms with van der Waals surface area (Å²) in [4.78, 5) is 2.46. The van der Waals surface area contributed by atoms with E-state index >= 15 is 0 Å². The molecular weight excluding hydrogens is 160 g/mol. The van der Waals surface area contributed by atoms with Crippen molar-refractivity contribution in [1.29, 1.82) is 0 Å². The van der Waals surface area contributed by atoms with Gasteiger partial charge >= 0.3 is 0 Å². The summed E-state index contributed by atoms with van der Waals surface area (Å²) in [7, 11) is 2.21. The van der Waals surface area contributed by atoms with Gasteiger partial charge in [0.1, 0.15) is 0 Å². The fourth-order valence-electron chi connectivity index (χ4n) is 2.72. The lowest BCUT2D eigenvalue weighted by Gasteiger charge is -2.53. The quantitative estimate of drug-likeness (QED) is 0.612. The Labute approximate surface area is 82.5 Å². The summed E-state index contributed by atoms with van der Waals surface area (Å²) in [6.07, 6.45) is 2.33. The molecule has 77 valence electrons. The van der Waals surface area contributed by atoms with E-state index in [0.29, 0.717) is 12.5 Å². The van der Waals surface area contributed by atoms with Gasteiger partial charge < -0.3 is 0 Å². The molecule has 0 amide bonds. The molecule has 1 aliphatic heterocycles. The van der Waals surface area contributed by atoms with Crippen LogP contribution in [0.15, 0.2) is 0 Å². The van der Waals surface area contributed by atoms with Gasteiger partial charge in [-0.05, 0) is 53.5 Å². The summed E-state index contributed by atoms with van der Waals surface area (Å²) < 4.78 is 0. The Morgan fingerprint density at radius 2 is 1.54 bits per heavy atom. The van der Waals surface area contributed by atoms with Gasteiger partial charge in [-0.25, -0.2) is 0 Å². The molecule has 0 spiro atoms. The molecule has 2 nitrogen and oxygen atoms in total. The zero-order valence-corrected chi connectivity index (χ0v) is 9.65. The molecule has 0 saturated carbocycles. The number of hydrogen-bond acceptors (Lipinski definition) is 1. The van der Waals surface area contributed by atoms with Crippen LogP contribution >= 0.6 is 0 Å². The average molecular weight is 183 g/mol. The SMILES string of the molecule is CN1C(C)(C)CC(C[NH])CC1(C)C. The molecule has 1 fully saturated rings. The van der Waals surface area contributed by atoms with Crippen LogP contribution in [0.1, 0.15) is 40.5 Å². The fraction of sp³-hybridized carbons (Fsp3) is 1.00. The molecule has 1 aliphatic rings. The third-order valence-electron chi connectivity index (χ3n) is 3.68. The topological polar surface area (TPSA) is 27.0 Å². The monoisotopic (exact) mass is 183 g/mol. The van der Waals surface area contributed by atoms with Crippen molar-refractivity contribution in [2.45, 2.75) is 51.6 Å². The van der Waals surface area contributed by atoms with Gasteiger partial charge in [0.2, 0.25) is 0 Å². The number of likely N-dealkylation sites (tertiary alicyclic amines) is 1. The molecule has 13 heavy (non-hydrogen) atoms. The zero-order chi connectivity index (χ0) is 10.3. The van der Waals surface area contributed by atoms with Crippen molar-refractivity contribution in [3.05, 3.63) is 0 Å². The van der Waals surface area contributed by atoms with Crippen LogP contribution in [0.4, 0.5) is 0 Å². The van der Waals surface area contributed by atoms with Crippen molar-refractivity contribution in [2.24, 2.45) is 5.92 Å². The van der Waals surface area contributed by atoms with E-state index in [1.807, 2.05) is 0 Å². The minimum Gasteiger partial charge on any atom is -0.296 e. The normalized spacial score (nSPS) is 29.1. The van der Waals surface area contributed by atoms with Crippen LogP contribution in [0.2, 0.25) is 0 Å². The minimum absolute atomic E-state index is 0.257. The van der Waals surface area contributed by atoms with Crippen molar-refractivity contribution >= 4 is 0 Å². The second-order valence-corrected chi connectivity index (χ2v) is 5.66. The summed E-state index contributed by atoms with van der Waals surface area (Å²) >= 11 is 0. The maximum Gasteiger partial charge on any atom is 0.0158 e. The van der Waals surface area contributed by atoms with E-state index in [1.54, 1.807) is 0 Å². The highest BCUT2D eigenvalue weighted by Gasteiger charge is 2.42. The van der Waals surface area contributed by atoms with E-state index in [4.69, 9.17) is 5.73 Å². The minimum atomic E-state index is 0.257. The van der Waals surface area contributed by atoms with E-state index in [2.05, 4.69) is 39.6 Å². The second kappa shape index (κ2) is 3.25. The molecule has 1 heterocycles. The second-order valence-electron chi connectivity index (χ2n) is 5.66. The predicted molar refractivity (Wildman–Crippen MR) is 56.6 cm³/mol. The Morgan fingerprint density at radius 1 is 1.15 bits per heavy atom. The van der Waals surface area contributed by atoms with Crippen LogP contribution < -0.4 is 5.73 Å². The van der Waals surface area contributed by atoms with Crippen LogP contribution in [0.3, 0.4) is 0 Å². The highest BCUT2D eigenvalue weighted by molar-refractivity contribution is 4.98. The standard InChI is InChI=1S/C11H23N2/c1-10(2)6-9(8-12)7-11(3,4)13(10)5/h9,12H,6-8H2,1-5H3. The van der Waals surface area contributed by atoms with Gasteiger partial charge in [0.25, 0.3) is 0 Å². The van der Waals surface area contributed by atoms with E-state index in [0.717, 1.165) is 12.8 Å². The molecule has 2 heteroatoms. The van der Waals surface area contributed by atoms with Gasteiger partial charge in [-0.1, -0.05) is 0 Å². The molecular formula is C11H23N2. The van der Waals surface area contributed by atoms with Crippen molar-refractivity contribution in [1.82, 2.24) is 10.6 Å². The van der Waals surface area contributed by atoms with E-state index in [-0.39, 0.29) is 11.1 Å². The van der Waals surface area contributed by atoms with Crippen LogP contribution in [0.5, 0.6) is 0 Å². The molecule has 0 bridgehead atoms. The van der Waals surface area contributed by atoms with Gasteiger partial charge in [0, 0.05) is 17.6 Å². The van der Waals surface area contributed by atoms with E-state index < -0.39 is 0 Å². The maximum absolute atomic E-state index is 7.50. The Bertz CT molecular complexity index is 167. The zero-order valence-electron chi connectivity index (χ0n) is 9.65. The first-order chi connectivity index (χ1) is 5.79. The molecule has 0 aromatic carbocycles. The van der Waals surface area contributed by atoms with Crippen molar-refractivity contribution in [3.63, 3.8) is 0 Å². The molecule has 0 aromatic heterocycles. The molecule has 1 saturated heterocycles. The van der Waals surface area contributed by atoms with Crippen LogP contribution in [-0.4, -0.2) is 29.6 Å². The largest absolute Gasteiger partial charge is 0.296 e. The van der Waals surface area contributed by atoms with Gasteiger partial charge in [-0.15, -0.1) is 0 Å². The lowest BCUT2D eigenvalue weighted by Crippen LogP contribution is -2.59. The average Bonchev–Trinajstić information content (AvgIpc) is 1.99. The molecule has 1 rings (SSSR count). The lowest BCUT2D eigenvalue weighted by atomic mass is 9.74. The number of rotatable bonds is 1. The Morgan fingerprint density at radius 3 is 1.85 bits per heavy atom. The molecule has 0 aromatic rings. The summed E-state index contributed by atoms with van der Waals surface area (Å²) in [5.41, 5.74) is 8.01. The summed E-state index contributed by atoms with van der Waals surface area (Å²) in [5.74, 6) is 0.584. The van der Waals surface area contributed by atoms with Gasteiger partial charge in [-0.3, -0.25) is 10.6 Å². The molecule has 0 atom stereocenters.